The lowest BCUT2D eigenvalue weighted by Gasteiger charge is -2.05. The van der Waals surface area contributed by atoms with Crippen molar-refractivity contribution >= 4 is 5.97 Å². The Bertz CT molecular complexity index is 294. The van der Waals surface area contributed by atoms with E-state index in [0.717, 1.165) is 5.69 Å². The predicted molar refractivity (Wildman–Crippen MR) is 53.8 cm³/mol. The molecule has 0 saturated heterocycles. The summed E-state index contributed by atoms with van der Waals surface area (Å²) >= 11 is 0. The summed E-state index contributed by atoms with van der Waals surface area (Å²) in [5.74, 6) is -0.166. The summed E-state index contributed by atoms with van der Waals surface area (Å²) < 4.78 is 7.01. The number of nitrogens with zero attached hydrogens (tertiary/aromatic N) is 1. The summed E-state index contributed by atoms with van der Waals surface area (Å²) in [6.07, 6.45) is 2.34. The standard InChI is InChI=1S/C10H16N2O2/c1-11-6-5-10(13)14-8-9-4-3-7-12(9)2/h3-4,7,11H,5-6,8H2,1-2H3. The molecule has 1 aromatic heterocycles. The highest BCUT2D eigenvalue weighted by atomic mass is 16.5. The number of rotatable bonds is 5. The van der Waals surface area contributed by atoms with Gasteiger partial charge in [0.2, 0.25) is 0 Å². The number of hydrogen-bond donors (Lipinski definition) is 1. The lowest BCUT2D eigenvalue weighted by Crippen LogP contribution is -2.15. The van der Waals surface area contributed by atoms with Gasteiger partial charge in [-0.25, -0.2) is 0 Å². The average molecular weight is 196 g/mol. The largest absolute Gasteiger partial charge is 0.459 e. The van der Waals surface area contributed by atoms with E-state index in [4.69, 9.17) is 4.74 Å². The van der Waals surface area contributed by atoms with Crippen LogP contribution in [0.1, 0.15) is 12.1 Å². The van der Waals surface area contributed by atoms with E-state index in [0.29, 0.717) is 19.6 Å². The minimum atomic E-state index is -0.166. The molecule has 0 aromatic carbocycles. The topological polar surface area (TPSA) is 43.3 Å². The van der Waals surface area contributed by atoms with Gasteiger partial charge >= 0.3 is 5.97 Å². The maximum Gasteiger partial charge on any atom is 0.307 e. The molecule has 4 nitrogen and oxygen atoms in total. The van der Waals surface area contributed by atoms with Gasteiger partial charge in [0, 0.05) is 19.8 Å². The van der Waals surface area contributed by atoms with E-state index in [1.165, 1.54) is 0 Å². The number of esters is 1. The Morgan fingerprint density at radius 2 is 2.43 bits per heavy atom. The summed E-state index contributed by atoms with van der Waals surface area (Å²) in [7, 11) is 3.74. The van der Waals surface area contributed by atoms with Crippen LogP contribution in [0.2, 0.25) is 0 Å². The van der Waals surface area contributed by atoms with Crippen molar-refractivity contribution in [3.63, 3.8) is 0 Å². The highest BCUT2D eigenvalue weighted by Crippen LogP contribution is 2.02. The molecule has 0 spiro atoms. The van der Waals surface area contributed by atoms with Crippen LogP contribution in [0.3, 0.4) is 0 Å². The molecule has 0 saturated carbocycles. The zero-order chi connectivity index (χ0) is 10.4. The summed E-state index contributed by atoms with van der Waals surface area (Å²) in [5, 5.41) is 2.90. The van der Waals surface area contributed by atoms with E-state index < -0.39 is 0 Å². The minimum absolute atomic E-state index is 0.166. The number of carbonyl (C=O) groups is 1. The van der Waals surface area contributed by atoms with Gasteiger partial charge in [-0.15, -0.1) is 0 Å². The quantitative estimate of drug-likeness (QED) is 0.704. The van der Waals surface area contributed by atoms with Crippen LogP contribution in [-0.4, -0.2) is 24.1 Å². The van der Waals surface area contributed by atoms with E-state index in [1.54, 1.807) is 0 Å². The van der Waals surface area contributed by atoms with Crippen LogP contribution in [0.15, 0.2) is 18.3 Å². The van der Waals surface area contributed by atoms with Gasteiger partial charge in [-0.1, -0.05) is 0 Å². The van der Waals surface area contributed by atoms with Crippen LogP contribution in [0.5, 0.6) is 0 Å². The molecule has 4 heteroatoms. The Hall–Kier alpha value is -1.29. The fourth-order valence-corrected chi connectivity index (χ4v) is 1.10. The first kappa shape index (κ1) is 10.8. The molecule has 0 radical (unpaired) electrons. The third kappa shape index (κ3) is 3.22. The number of hydrogen-bond acceptors (Lipinski definition) is 3. The van der Waals surface area contributed by atoms with Gasteiger partial charge in [-0.05, 0) is 19.2 Å². The molecule has 0 fully saturated rings. The molecule has 78 valence electrons. The van der Waals surface area contributed by atoms with Crippen LogP contribution in [0.4, 0.5) is 0 Å². The SMILES string of the molecule is CNCCC(=O)OCc1cccn1C. The van der Waals surface area contributed by atoms with Crippen LogP contribution in [0.25, 0.3) is 0 Å². The second-order valence-electron chi connectivity index (χ2n) is 3.12. The zero-order valence-electron chi connectivity index (χ0n) is 8.62. The first-order valence-corrected chi connectivity index (χ1v) is 4.64. The molecular formula is C10H16N2O2. The van der Waals surface area contributed by atoms with Gasteiger partial charge < -0.3 is 14.6 Å². The van der Waals surface area contributed by atoms with Crippen molar-refractivity contribution in [3.8, 4) is 0 Å². The van der Waals surface area contributed by atoms with Crippen LogP contribution >= 0.6 is 0 Å². The Labute approximate surface area is 83.9 Å². The molecule has 1 heterocycles. The maximum atomic E-state index is 11.1. The van der Waals surface area contributed by atoms with Crippen molar-refractivity contribution in [1.29, 1.82) is 0 Å². The number of aryl methyl sites for hydroxylation is 1. The summed E-state index contributed by atoms with van der Waals surface area (Å²) in [6.45, 7) is 1.01. The lowest BCUT2D eigenvalue weighted by molar-refractivity contribution is -0.145. The highest BCUT2D eigenvalue weighted by molar-refractivity contribution is 5.69. The van der Waals surface area contributed by atoms with Crippen LogP contribution in [0, 0.1) is 0 Å². The van der Waals surface area contributed by atoms with Crippen molar-refractivity contribution < 1.29 is 9.53 Å². The van der Waals surface area contributed by atoms with Gasteiger partial charge in [0.15, 0.2) is 0 Å². The van der Waals surface area contributed by atoms with E-state index in [1.807, 2.05) is 37.0 Å². The number of carbonyl (C=O) groups excluding carboxylic acids is 1. The lowest BCUT2D eigenvalue weighted by atomic mass is 10.4. The second-order valence-corrected chi connectivity index (χ2v) is 3.12. The van der Waals surface area contributed by atoms with Gasteiger partial charge in [0.1, 0.15) is 6.61 Å². The third-order valence-corrected chi connectivity index (χ3v) is 2.01. The Morgan fingerprint density at radius 3 is 3.00 bits per heavy atom. The van der Waals surface area contributed by atoms with Crippen molar-refractivity contribution in [2.45, 2.75) is 13.0 Å². The summed E-state index contributed by atoms with van der Waals surface area (Å²) in [4.78, 5) is 11.1. The van der Waals surface area contributed by atoms with Gasteiger partial charge in [0.25, 0.3) is 0 Å². The van der Waals surface area contributed by atoms with Crippen LogP contribution < -0.4 is 5.32 Å². The Morgan fingerprint density at radius 1 is 1.64 bits per heavy atom. The van der Waals surface area contributed by atoms with Crippen molar-refractivity contribution in [3.05, 3.63) is 24.0 Å². The predicted octanol–water partition coefficient (Wildman–Crippen LogP) is 0.678. The van der Waals surface area contributed by atoms with E-state index in [-0.39, 0.29) is 5.97 Å². The van der Waals surface area contributed by atoms with Gasteiger partial charge in [-0.2, -0.15) is 0 Å². The molecule has 1 N–H and O–H groups in total. The molecule has 14 heavy (non-hydrogen) atoms. The van der Waals surface area contributed by atoms with Crippen molar-refractivity contribution in [2.75, 3.05) is 13.6 Å². The molecule has 0 aliphatic heterocycles. The maximum absolute atomic E-state index is 11.1. The first-order chi connectivity index (χ1) is 6.74. The summed E-state index contributed by atoms with van der Waals surface area (Å²) in [5.41, 5.74) is 1.00. The van der Waals surface area contributed by atoms with E-state index in [2.05, 4.69) is 5.32 Å². The summed E-state index contributed by atoms with van der Waals surface area (Å²) in [6, 6.07) is 3.86. The fourth-order valence-electron chi connectivity index (χ4n) is 1.10. The number of aromatic nitrogens is 1. The van der Waals surface area contributed by atoms with E-state index in [9.17, 15) is 4.79 Å². The minimum Gasteiger partial charge on any atom is -0.459 e. The number of ether oxygens (including phenoxy) is 1. The van der Waals surface area contributed by atoms with Crippen molar-refractivity contribution in [2.24, 2.45) is 7.05 Å². The average Bonchev–Trinajstić information content (AvgIpc) is 2.58. The Kier molecular flexibility index (Phi) is 4.19. The van der Waals surface area contributed by atoms with E-state index >= 15 is 0 Å². The molecule has 0 aliphatic carbocycles. The van der Waals surface area contributed by atoms with Crippen molar-refractivity contribution in [1.82, 2.24) is 9.88 Å². The molecule has 1 rings (SSSR count). The molecule has 0 unspecified atom stereocenters. The molecule has 0 bridgehead atoms. The van der Waals surface area contributed by atoms with Gasteiger partial charge in [0.05, 0.1) is 12.1 Å². The smallest absolute Gasteiger partial charge is 0.307 e. The number of nitrogens with one attached hydrogen (secondary N) is 1. The fraction of sp³-hybridized carbons (Fsp3) is 0.500. The molecular weight excluding hydrogens is 180 g/mol. The second kappa shape index (κ2) is 5.44. The monoisotopic (exact) mass is 196 g/mol. The third-order valence-electron chi connectivity index (χ3n) is 2.01. The Balaban J connectivity index is 2.27. The molecule has 1 aromatic rings. The zero-order valence-corrected chi connectivity index (χ0v) is 8.62. The first-order valence-electron chi connectivity index (χ1n) is 4.64. The molecule has 0 atom stereocenters. The van der Waals surface area contributed by atoms with Crippen LogP contribution in [-0.2, 0) is 23.2 Å². The highest BCUT2D eigenvalue weighted by Gasteiger charge is 2.03. The molecule has 0 amide bonds. The normalized spacial score (nSPS) is 10.1. The molecule has 0 aliphatic rings. The van der Waals surface area contributed by atoms with Gasteiger partial charge in [-0.3, -0.25) is 4.79 Å².